The predicted molar refractivity (Wildman–Crippen MR) is 94.8 cm³/mol. The molecule has 23 heavy (non-hydrogen) atoms. The molecule has 1 aromatic carbocycles. The van der Waals surface area contributed by atoms with Gasteiger partial charge in [0.25, 0.3) is 5.91 Å². The van der Waals surface area contributed by atoms with Gasteiger partial charge in [0, 0.05) is 44.2 Å². The summed E-state index contributed by atoms with van der Waals surface area (Å²) in [6.45, 7) is 3.85. The minimum Gasteiger partial charge on any atom is -0.346 e. The molecule has 1 amide bonds. The maximum absolute atomic E-state index is 12.2. The van der Waals surface area contributed by atoms with E-state index >= 15 is 0 Å². The van der Waals surface area contributed by atoms with Gasteiger partial charge in [-0.1, -0.05) is 23.2 Å². The standard InChI is InChI=1S/C15H16Cl2N4OS/c16-11-2-3-12(13(17)10-11)14(22)19-15(23)21-8-6-20(7-9-21)5-1-4-18/h2-3,10H,1,5-9H2,(H,19,22,23). The fraction of sp³-hybridized carbons (Fsp3) is 0.400. The van der Waals surface area contributed by atoms with Crippen molar-refractivity contribution in [2.75, 3.05) is 32.7 Å². The van der Waals surface area contributed by atoms with Crippen molar-refractivity contribution in [1.82, 2.24) is 15.1 Å². The molecule has 122 valence electrons. The Morgan fingerprint density at radius 1 is 1.30 bits per heavy atom. The van der Waals surface area contributed by atoms with Crippen molar-refractivity contribution >= 4 is 46.4 Å². The molecule has 1 aromatic rings. The summed E-state index contributed by atoms with van der Waals surface area (Å²) >= 11 is 17.1. The third kappa shape index (κ3) is 5.05. The summed E-state index contributed by atoms with van der Waals surface area (Å²) in [5.41, 5.74) is 0.339. The first-order valence-corrected chi connectivity index (χ1v) is 8.32. The maximum Gasteiger partial charge on any atom is 0.258 e. The molecule has 0 aliphatic carbocycles. The van der Waals surface area contributed by atoms with Gasteiger partial charge in [0.1, 0.15) is 0 Å². The van der Waals surface area contributed by atoms with Crippen molar-refractivity contribution in [2.24, 2.45) is 0 Å². The molecular formula is C15H16Cl2N4OS. The molecule has 0 spiro atoms. The summed E-state index contributed by atoms with van der Waals surface area (Å²) in [6.07, 6.45) is 0.524. The van der Waals surface area contributed by atoms with E-state index < -0.39 is 0 Å². The Balaban J connectivity index is 1.87. The highest BCUT2D eigenvalue weighted by molar-refractivity contribution is 7.80. The summed E-state index contributed by atoms with van der Waals surface area (Å²) in [4.78, 5) is 16.4. The molecule has 0 unspecified atom stereocenters. The zero-order valence-electron chi connectivity index (χ0n) is 12.4. The molecule has 0 radical (unpaired) electrons. The second kappa shape index (κ2) is 8.46. The minimum atomic E-state index is -0.344. The first-order chi connectivity index (χ1) is 11.0. The predicted octanol–water partition coefficient (Wildman–Crippen LogP) is 2.54. The Morgan fingerprint density at radius 3 is 2.61 bits per heavy atom. The van der Waals surface area contributed by atoms with E-state index in [1.54, 1.807) is 12.1 Å². The quantitative estimate of drug-likeness (QED) is 0.828. The number of nitriles is 1. The van der Waals surface area contributed by atoms with Crippen LogP contribution in [0.4, 0.5) is 0 Å². The van der Waals surface area contributed by atoms with Gasteiger partial charge in [0.2, 0.25) is 0 Å². The molecule has 0 bridgehead atoms. The van der Waals surface area contributed by atoms with Gasteiger partial charge < -0.3 is 4.90 Å². The number of thiocarbonyl (C=S) groups is 1. The summed E-state index contributed by atoms with van der Waals surface area (Å²) in [7, 11) is 0. The lowest BCUT2D eigenvalue weighted by molar-refractivity contribution is 0.0970. The smallest absolute Gasteiger partial charge is 0.258 e. The number of hydrogen-bond acceptors (Lipinski definition) is 4. The first kappa shape index (κ1) is 18.0. The Kier molecular flexibility index (Phi) is 6.60. The monoisotopic (exact) mass is 370 g/mol. The molecule has 1 aliphatic heterocycles. The summed E-state index contributed by atoms with van der Waals surface area (Å²) in [6, 6.07) is 6.85. The number of rotatable bonds is 3. The third-order valence-electron chi connectivity index (χ3n) is 3.60. The highest BCUT2D eigenvalue weighted by atomic mass is 35.5. The lowest BCUT2D eigenvalue weighted by Gasteiger charge is -2.35. The topological polar surface area (TPSA) is 59.4 Å². The molecule has 0 atom stereocenters. The van der Waals surface area contributed by atoms with Gasteiger partial charge in [-0.25, -0.2) is 0 Å². The molecule has 8 heteroatoms. The molecule has 1 aliphatic rings. The lowest BCUT2D eigenvalue weighted by Crippen LogP contribution is -2.52. The number of benzene rings is 1. The van der Waals surface area contributed by atoms with E-state index in [1.807, 2.05) is 4.90 Å². The van der Waals surface area contributed by atoms with Crippen molar-refractivity contribution in [3.63, 3.8) is 0 Å². The fourth-order valence-corrected chi connectivity index (χ4v) is 3.07. The molecule has 5 nitrogen and oxygen atoms in total. The van der Waals surface area contributed by atoms with E-state index in [0.29, 0.717) is 27.1 Å². The number of halogens is 2. The zero-order chi connectivity index (χ0) is 16.8. The number of carbonyl (C=O) groups excluding carboxylic acids is 1. The second-order valence-electron chi connectivity index (χ2n) is 5.12. The minimum absolute atomic E-state index is 0.291. The van der Waals surface area contributed by atoms with Crippen molar-refractivity contribution < 1.29 is 4.79 Å². The largest absolute Gasteiger partial charge is 0.346 e. The van der Waals surface area contributed by atoms with Crippen molar-refractivity contribution in [3.05, 3.63) is 33.8 Å². The number of amides is 1. The number of hydrogen-bond donors (Lipinski definition) is 1. The summed E-state index contributed by atoms with van der Waals surface area (Å²) in [5.74, 6) is -0.344. The Hall–Kier alpha value is -1.39. The average molecular weight is 371 g/mol. The van der Waals surface area contributed by atoms with E-state index in [2.05, 4.69) is 16.3 Å². The third-order valence-corrected chi connectivity index (χ3v) is 4.50. The Labute approximate surface area is 150 Å². The molecule has 1 N–H and O–H groups in total. The molecule has 1 fully saturated rings. The van der Waals surface area contributed by atoms with Gasteiger partial charge >= 0.3 is 0 Å². The van der Waals surface area contributed by atoms with Crippen LogP contribution in [0, 0.1) is 11.3 Å². The van der Waals surface area contributed by atoms with E-state index in [-0.39, 0.29) is 5.91 Å². The molecule has 1 heterocycles. The van der Waals surface area contributed by atoms with Crippen LogP contribution in [0.2, 0.25) is 10.0 Å². The van der Waals surface area contributed by atoms with Gasteiger partial charge in [0.15, 0.2) is 5.11 Å². The average Bonchev–Trinajstić information content (AvgIpc) is 2.53. The fourth-order valence-electron chi connectivity index (χ4n) is 2.30. The van der Waals surface area contributed by atoms with E-state index in [9.17, 15) is 4.79 Å². The van der Waals surface area contributed by atoms with Gasteiger partial charge in [-0.05, 0) is 30.4 Å². The van der Waals surface area contributed by atoms with Crippen LogP contribution in [-0.2, 0) is 0 Å². The van der Waals surface area contributed by atoms with E-state index in [0.717, 1.165) is 32.7 Å². The van der Waals surface area contributed by atoms with Crippen LogP contribution in [-0.4, -0.2) is 53.5 Å². The number of nitrogens with one attached hydrogen (secondary N) is 1. The SMILES string of the molecule is N#CCCN1CCN(C(=S)NC(=O)c2ccc(Cl)cc2Cl)CC1. The molecule has 0 saturated carbocycles. The van der Waals surface area contributed by atoms with Crippen LogP contribution in [0.3, 0.4) is 0 Å². The number of nitrogens with zero attached hydrogens (tertiary/aromatic N) is 3. The van der Waals surface area contributed by atoms with Crippen LogP contribution in [0.15, 0.2) is 18.2 Å². The van der Waals surface area contributed by atoms with Crippen LogP contribution >= 0.6 is 35.4 Å². The van der Waals surface area contributed by atoms with E-state index in [4.69, 9.17) is 40.7 Å². The molecular weight excluding hydrogens is 355 g/mol. The Bertz CT molecular complexity index is 639. The second-order valence-corrected chi connectivity index (χ2v) is 6.35. The zero-order valence-corrected chi connectivity index (χ0v) is 14.7. The van der Waals surface area contributed by atoms with Crippen LogP contribution < -0.4 is 5.32 Å². The lowest BCUT2D eigenvalue weighted by atomic mass is 10.2. The van der Waals surface area contributed by atoms with Gasteiger partial charge in [-0.3, -0.25) is 15.0 Å². The van der Waals surface area contributed by atoms with Crippen LogP contribution in [0.5, 0.6) is 0 Å². The Morgan fingerprint density at radius 2 is 2.00 bits per heavy atom. The number of piperazine rings is 1. The number of carbonyl (C=O) groups is 1. The molecule has 0 aromatic heterocycles. The summed E-state index contributed by atoms with van der Waals surface area (Å²) in [5, 5.41) is 12.5. The van der Waals surface area contributed by atoms with E-state index in [1.165, 1.54) is 6.07 Å². The normalized spacial score (nSPS) is 15.1. The van der Waals surface area contributed by atoms with Gasteiger partial charge in [-0.2, -0.15) is 5.26 Å². The molecule has 2 rings (SSSR count). The molecule has 1 saturated heterocycles. The van der Waals surface area contributed by atoms with Crippen LogP contribution in [0.25, 0.3) is 0 Å². The van der Waals surface area contributed by atoms with Crippen molar-refractivity contribution in [3.8, 4) is 6.07 Å². The van der Waals surface area contributed by atoms with Crippen molar-refractivity contribution in [1.29, 1.82) is 5.26 Å². The maximum atomic E-state index is 12.2. The van der Waals surface area contributed by atoms with Gasteiger partial charge in [-0.15, -0.1) is 0 Å². The highest BCUT2D eigenvalue weighted by Gasteiger charge is 2.20. The first-order valence-electron chi connectivity index (χ1n) is 7.16. The van der Waals surface area contributed by atoms with Crippen LogP contribution in [0.1, 0.15) is 16.8 Å². The van der Waals surface area contributed by atoms with Gasteiger partial charge in [0.05, 0.1) is 16.7 Å². The highest BCUT2D eigenvalue weighted by Crippen LogP contribution is 2.20. The van der Waals surface area contributed by atoms with Crippen molar-refractivity contribution in [2.45, 2.75) is 6.42 Å². The summed E-state index contributed by atoms with van der Waals surface area (Å²) < 4.78 is 0.